The van der Waals surface area contributed by atoms with Crippen LogP contribution in [0.5, 0.6) is 0 Å². The molecule has 0 aliphatic rings. The number of rotatable bonds is 8. The zero-order chi connectivity index (χ0) is 9.78. The minimum absolute atomic E-state index is 1.21. The van der Waals surface area contributed by atoms with Gasteiger partial charge in [-0.1, -0.05) is 69.6 Å². The predicted octanol–water partition coefficient (Wildman–Crippen LogP) is 4.65. The maximum atomic E-state index is 3.61. The molecule has 0 aliphatic heterocycles. The fourth-order valence-corrected chi connectivity index (χ4v) is 1.18. The molecule has 74 valence electrons. The smallest absolute Gasteiger partial charge is 0.0348 e. The van der Waals surface area contributed by atoms with Crippen LogP contribution in [0.15, 0.2) is 37.0 Å². The number of unbranched alkanes of at least 4 members (excludes halogenated alkanes) is 5. The summed E-state index contributed by atoms with van der Waals surface area (Å²) in [6, 6.07) is 0. The van der Waals surface area contributed by atoms with Gasteiger partial charge >= 0.3 is 0 Å². The molecule has 0 fully saturated rings. The van der Waals surface area contributed by atoms with Gasteiger partial charge in [-0.15, -0.1) is 0 Å². The molecule has 0 radical (unpaired) electrons. The zero-order valence-corrected chi connectivity index (χ0v) is 8.84. The van der Waals surface area contributed by atoms with Crippen molar-refractivity contribution in [1.82, 2.24) is 0 Å². The maximum Gasteiger partial charge on any atom is -0.0348 e. The Labute approximate surface area is 83.0 Å². The van der Waals surface area contributed by atoms with Gasteiger partial charge in [0.25, 0.3) is 0 Å². The van der Waals surface area contributed by atoms with Crippen LogP contribution in [-0.2, 0) is 0 Å². The lowest BCUT2D eigenvalue weighted by Gasteiger charge is -1.95. The van der Waals surface area contributed by atoms with Crippen LogP contribution in [0.2, 0.25) is 0 Å². The number of allylic oxidation sites excluding steroid dienone is 5. The Hall–Kier alpha value is -0.780. The van der Waals surface area contributed by atoms with E-state index in [1.54, 1.807) is 6.08 Å². The second kappa shape index (κ2) is 11.2. The molecule has 0 spiro atoms. The van der Waals surface area contributed by atoms with Crippen LogP contribution < -0.4 is 0 Å². The van der Waals surface area contributed by atoms with Gasteiger partial charge in [-0.05, 0) is 12.8 Å². The average Bonchev–Trinajstić information content (AvgIpc) is 2.16. The Balaban J connectivity index is 3.10. The van der Waals surface area contributed by atoms with Crippen LogP contribution in [0.1, 0.15) is 45.4 Å². The van der Waals surface area contributed by atoms with E-state index in [4.69, 9.17) is 0 Å². The highest BCUT2D eigenvalue weighted by atomic mass is 13.9. The molecule has 0 nitrogen and oxygen atoms in total. The normalized spacial score (nSPS) is 11.5. The molecule has 13 heavy (non-hydrogen) atoms. The van der Waals surface area contributed by atoms with Gasteiger partial charge < -0.3 is 0 Å². The molecule has 0 aromatic carbocycles. The third-order valence-electron chi connectivity index (χ3n) is 1.97. The highest BCUT2D eigenvalue weighted by Gasteiger charge is 1.85. The summed E-state index contributed by atoms with van der Waals surface area (Å²) in [6.07, 6.45) is 18.1. The minimum Gasteiger partial charge on any atom is -0.0991 e. The van der Waals surface area contributed by atoms with Gasteiger partial charge in [0.2, 0.25) is 0 Å². The lowest BCUT2D eigenvalue weighted by Crippen LogP contribution is -1.75. The van der Waals surface area contributed by atoms with E-state index in [-0.39, 0.29) is 0 Å². The molecule has 0 heterocycles. The Morgan fingerprint density at radius 2 is 1.69 bits per heavy atom. The molecule has 0 N–H and O–H groups in total. The van der Waals surface area contributed by atoms with Crippen LogP contribution in [0.25, 0.3) is 0 Å². The molecular formula is C13H22. The SMILES string of the molecule is C=CC=CC=CCCCCCCC. The Morgan fingerprint density at radius 3 is 2.38 bits per heavy atom. The molecule has 0 saturated heterocycles. The molecular weight excluding hydrogens is 156 g/mol. The van der Waals surface area contributed by atoms with E-state index in [1.807, 2.05) is 12.2 Å². The minimum atomic E-state index is 1.21. The summed E-state index contributed by atoms with van der Waals surface area (Å²) in [7, 11) is 0. The zero-order valence-electron chi connectivity index (χ0n) is 8.84. The lowest BCUT2D eigenvalue weighted by atomic mass is 10.1. The van der Waals surface area contributed by atoms with E-state index in [0.29, 0.717) is 0 Å². The standard InChI is InChI=1S/C13H22/c1-3-5-7-9-11-13-12-10-8-6-4-2/h3,5,7,9,11H,1,4,6,8,10,12-13H2,2H3. The van der Waals surface area contributed by atoms with Crippen molar-refractivity contribution in [3.63, 3.8) is 0 Å². The predicted molar refractivity (Wildman–Crippen MR) is 61.9 cm³/mol. The maximum absolute atomic E-state index is 3.61. The van der Waals surface area contributed by atoms with Crippen LogP contribution in [-0.4, -0.2) is 0 Å². The first-order chi connectivity index (χ1) is 6.41. The Bertz CT molecular complexity index is 151. The lowest BCUT2D eigenvalue weighted by molar-refractivity contribution is 0.637. The van der Waals surface area contributed by atoms with Gasteiger partial charge in [0.1, 0.15) is 0 Å². The quantitative estimate of drug-likeness (QED) is 0.375. The molecule has 0 aromatic rings. The van der Waals surface area contributed by atoms with Gasteiger partial charge in [0.15, 0.2) is 0 Å². The third kappa shape index (κ3) is 11.2. The van der Waals surface area contributed by atoms with Crippen molar-refractivity contribution in [2.75, 3.05) is 0 Å². The van der Waals surface area contributed by atoms with Crippen LogP contribution in [0.4, 0.5) is 0 Å². The van der Waals surface area contributed by atoms with Crippen LogP contribution in [0, 0.1) is 0 Å². The second-order valence-electron chi connectivity index (χ2n) is 3.25. The van der Waals surface area contributed by atoms with Gasteiger partial charge in [-0.3, -0.25) is 0 Å². The summed E-state index contributed by atoms with van der Waals surface area (Å²) < 4.78 is 0. The van der Waals surface area contributed by atoms with E-state index in [1.165, 1.54) is 38.5 Å². The third-order valence-corrected chi connectivity index (χ3v) is 1.97. The first kappa shape index (κ1) is 12.2. The summed E-state index contributed by atoms with van der Waals surface area (Å²) in [5.41, 5.74) is 0. The van der Waals surface area contributed by atoms with E-state index in [9.17, 15) is 0 Å². The Morgan fingerprint density at radius 1 is 0.923 bits per heavy atom. The fourth-order valence-electron chi connectivity index (χ4n) is 1.18. The van der Waals surface area contributed by atoms with Crippen LogP contribution >= 0.6 is 0 Å². The van der Waals surface area contributed by atoms with E-state index in [2.05, 4.69) is 25.7 Å². The van der Waals surface area contributed by atoms with Gasteiger partial charge in [-0.2, -0.15) is 0 Å². The van der Waals surface area contributed by atoms with Crippen molar-refractivity contribution in [2.45, 2.75) is 45.4 Å². The molecule has 0 aliphatic carbocycles. The summed E-state index contributed by atoms with van der Waals surface area (Å²) >= 11 is 0. The van der Waals surface area contributed by atoms with Gasteiger partial charge in [0.05, 0.1) is 0 Å². The topological polar surface area (TPSA) is 0 Å². The number of hydrogen-bond acceptors (Lipinski definition) is 0. The highest BCUT2D eigenvalue weighted by Crippen LogP contribution is 2.05. The molecule has 0 saturated carbocycles. The van der Waals surface area contributed by atoms with Crippen molar-refractivity contribution in [3.05, 3.63) is 37.0 Å². The largest absolute Gasteiger partial charge is 0.0991 e. The monoisotopic (exact) mass is 178 g/mol. The molecule has 0 aromatic heterocycles. The Kier molecular flexibility index (Phi) is 10.5. The van der Waals surface area contributed by atoms with Gasteiger partial charge in [0, 0.05) is 0 Å². The summed E-state index contributed by atoms with van der Waals surface area (Å²) in [5.74, 6) is 0. The van der Waals surface area contributed by atoms with Crippen molar-refractivity contribution in [3.8, 4) is 0 Å². The average molecular weight is 178 g/mol. The summed E-state index contributed by atoms with van der Waals surface area (Å²) in [6.45, 7) is 5.86. The molecule has 0 heteroatoms. The van der Waals surface area contributed by atoms with E-state index < -0.39 is 0 Å². The van der Waals surface area contributed by atoms with Crippen molar-refractivity contribution < 1.29 is 0 Å². The second-order valence-corrected chi connectivity index (χ2v) is 3.25. The van der Waals surface area contributed by atoms with Crippen molar-refractivity contribution in [2.24, 2.45) is 0 Å². The number of hydrogen-bond donors (Lipinski definition) is 0. The molecule has 0 unspecified atom stereocenters. The van der Waals surface area contributed by atoms with Gasteiger partial charge in [-0.25, -0.2) is 0 Å². The molecule has 0 rings (SSSR count). The molecule has 0 amide bonds. The van der Waals surface area contributed by atoms with Crippen molar-refractivity contribution >= 4 is 0 Å². The summed E-state index contributed by atoms with van der Waals surface area (Å²) in [4.78, 5) is 0. The van der Waals surface area contributed by atoms with Crippen molar-refractivity contribution in [1.29, 1.82) is 0 Å². The van der Waals surface area contributed by atoms with E-state index in [0.717, 1.165) is 0 Å². The summed E-state index contributed by atoms with van der Waals surface area (Å²) in [5, 5.41) is 0. The molecule has 0 atom stereocenters. The highest BCUT2D eigenvalue weighted by molar-refractivity contribution is 5.08. The fraction of sp³-hybridized carbons (Fsp3) is 0.538. The van der Waals surface area contributed by atoms with E-state index >= 15 is 0 Å². The first-order valence-electron chi connectivity index (χ1n) is 5.36. The first-order valence-corrected chi connectivity index (χ1v) is 5.36. The van der Waals surface area contributed by atoms with Crippen LogP contribution in [0.3, 0.4) is 0 Å². The molecule has 0 bridgehead atoms.